The molecular weight excluding hydrogens is 351 g/mol. The molecule has 2 aromatic rings. The van der Waals surface area contributed by atoms with Crippen LogP contribution in [0, 0.1) is 5.82 Å². The van der Waals surface area contributed by atoms with Gasteiger partial charge in [-0.1, -0.05) is 18.6 Å². The zero-order chi connectivity index (χ0) is 18.4. The molecule has 0 aliphatic heterocycles. The summed E-state index contributed by atoms with van der Waals surface area (Å²) in [6, 6.07) is 8.01. The lowest BCUT2D eigenvalue weighted by Crippen LogP contribution is -2.35. The van der Waals surface area contributed by atoms with Crippen molar-refractivity contribution in [1.29, 1.82) is 0 Å². The highest BCUT2D eigenvalue weighted by Crippen LogP contribution is 2.28. The molecule has 0 bridgehead atoms. The molecule has 6 heteroatoms. The molecule has 1 heterocycles. The van der Waals surface area contributed by atoms with Crippen LogP contribution in [0.25, 0.3) is 0 Å². The molecule has 3 rings (SSSR count). The molecule has 0 saturated carbocycles. The predicted octanol–water partition coefficient (Wildman–Crippen LogP) is 3.24. The number of carbonyl (C=O) groups is 2. The van der Waals surface area contributed by atoms with Crippen LogP contribution in [0.15, 0.2) is 30.3 Å². The molecule has 0 spiro atoms. The first kappa shape index (κ1) is 18.6. The van der Waals surface area contributed by atoms with Crippen LogP contribution >= 0.6 is 11.3 Å². The summed E-state index contributed by atoms with van der Waals surface area (Å²) >= 11 is 1.59. The summed E-state index contributed by atoms with van der Waals surface area (Å²) in [5, 5.41) is 5.59. The van der Waals surface area contributed by atoms with Crippen molar-refractivity contribution in [3.05, 3.63) is 57.0 Å². The van der Waals surface area contributed by atoms with Crippen LogP contribution in [0.1, 0.15) is 44.9 Å². The van der Waals surface area contributed by atoms with Gasteiger partial charge < -0.3 is 10.6 Å². The van der Waals surface area contributed by atoms with E-state index >= 15 is 0 Å². The smallest absolute Gasteiger partial charge is 0.261 e. The Morgan fingerprint density at radius 2 is 1.85 bits per heavy atom. The first-order chi connectivity index (χ1) is 12.6. The molecular formula is C20H23FN2O2S. The van der Waals surface area contributed by atoms with Crippen LogP contribution < -0.4 is 10.6 Å². The number of rotatable bonds is 6. The fourth-order valence-corrected chi connectivity index (χ4v) is 4.31. The number of hydrogen-bond acceptors (Lipinski definition) is 3. The monoisotopic (exact) mass is 374 g/mol. The highest BCUT2D eigenvalue weighted by atomic mass is 32.1. The van der Waals surface area contributed by atoms with Crippen molar-refractivity contribution in [2.45, 2.75) is 38.5 Å². The summed E-state index contributed by atoms with van der Waals surface area (Å²) in [7, 11) is 0. The van der Waals surface area contributed by atoms with Gasteiger partial charge in [-0.15, -0.1) is 11.3 Å². The van der Waals surface area contributed by atoms with Gasteiger partial charge in [-0.25, -0.2) is 4.39 Å². The average molecular weight is 374 g/mol. The van der Waals surface area contributed by atoms with Crippen molar-refractivity contribution in [3.63, 3.8) is 0 Å². The number of hydrogen-bond donors (Lipinski definition) is 2. The minimum absolute atomic E-state index is 0.0811. The normalized spacial score (nSPS) is 13.6. The van der Waals surface area contributed by atoms with Crippen molar-refractivity contribution in [1.82, 2.24) is 10.6 Å². The molecule has 2 amide bonds. The van der Waals surface area contributed by atoms with Crippen LogP contribution in [0.4, 0.5) is 4.39 Å². The predicted molar refractivity (Wildman–Crippen MR) is 101 cm³/mol. The summed E-state index contributed by atoms with van der Waals surface area (Å²) in [5.74, 6) is -0.618. The molecule has 0 atom stereocenters. The number of amides is 2. The Morgan fingerprint density at radius 3 is 2.69 bits per heavy atom. The van der Waals surface area contributed by atoms with Gasteiger partial charge in [-0.3, -0.25) is 9.59 Å². The van der Waals surface area contributed by atoms with E-state index in [9.17, 15) is 14.0 Å². The van der Waals surface area contributed by atoms with E-state index < -0.39 is 0 Å². The van der Waals surface area contributed by atoms with Gasteiger partial charge >= 0.3 is 0 Å². The summed E-state index contributed by atoms with van der Waals surface area (Å²) in [6.45, 7) is 0.723. The Hall–Kier alpha value is -2.21. The number of thiophene rings is 1. The van der Waals surface area contributed by atoms with E-state index in [0.717, 1.165) is 17.7 Å². The van der Waals surface area contributed by atoms with E-state index in [4.69, 9.17) is 0 Å². The first-order valence-electron chi connectivity index (χ1n) is 9.03. The molecule has 4 nitrogen and oxygen atoms in total. The van der Waals surface area contributed by atoms with E-state index in [1.165, 1.54) is 41.8 Å². The quantitative estimate of drug-likeness (QED) is 0.602. The second-order valence-corrected chi connectivity index (χ2v) is 7.67. The summed E-state index contributed by atoms with van der Waals surface area (Å²) < 4.78 is 13.1. The molecule has 1 aromatic heterocycles. The molecule has 1 aliphatic carbocycles. The van der Waals surface area contributed by atoms with Gasteiger partial charge in [0.25, 0.3) is 5.91 Å². The molecule has 0 fully saturated rings. The third-order valence-electron chi connectivity index (χ3n) is 4.46. The first-order valence-corrected chi connectivity index (χ1v) is 9.84. The minimum Gasteiger partial charge on any atom is -0.354 e. The number of halogens is 1. The van der Waals surface area contributed by atoms with Crippen molar-refractivity contribution in [2.75, 3.05) is 13.1 Å². The third-order valence-corrected chi connectivity index (χ3v) is 5.69. The Morgan fingerprint density at radius 1 is 1.04 bits per heavy atom. The van der Waals surface area contributed by atoms with Crippen molar-refractivity contribution in [2.24, 2.45) is 0 Å². The topological polar surface area (TPSA) is 58.2 Å². The Balaban J connectivity index is 1.40. The van der Waals surface area contributed by atoms with Crippen LogP contribution in [0.5, 0.6) is 0 Å². The van der Waals surface area contributed by atoms with E-state index in [0.29, 0.717) is 18.7 Å². The van der Waals surface area contributed by atoms with Gasteiger partial charge in [0.2, 0.25) is 5.91 Å². The minimum atomic E-state index is -0.350. The lowest BCUT2D eigenvalue weighted by molar-refractivity contribution is -0.120. The zero-order valence-corrected chi connectivity index (χ0v) is 15.5. The Bertz CT molecular complexity index is 764. The highest BCUT2D eigenvalue weighted by molar-refractivity contribution is 7.14. The lowest BCUT2D eigenvalue weighted by Gasteiger charge is -2.07. The maximum absolute atomic E-state index is 13.1. The Kier molecular flexibility index (Phi) is 6.39. The standard InChI is InChI=1S/C20H23FN2O2S/c21-16-7-4-5-14(11-16)12-19(24)22-9-10-23-20(25)18-13-15-6-2-1-3-8-17(15)26-18/h4-5,7,11,13H,1-3,6,8-10,12H2,(H,22,24)(H,23,25). The van der Waals surface area contributed by atoms with Gasteiger partial charge in [-0.05, 0) is 55.0 Å². The summed E-state index contributed by atoms with van der Waals surface area (Å²) in [4.78, 5) is 26.2. The molecule has 1 aromatic carbocycles. The maximum Gasteiger partial charge on any atom is 0.261 e. The molecule has 0 unspecified atom stereocenters. The van der Waals surface area contributed by atoms with Gasteiger partial charge in [-0.2, -0.15) is 0 Å². The largest absolute Gasteiger partial charge is 0.354 e. The van der Waals surface area contributed by atoms with E-state index in [-0.39, 0.29) is 24.1 Å². The van der Waals surface area contributed by atoms with E-state index in [1.54, 1.807) is 23.5 Å². The molecule has 2 N–H and O–H groups in total. The second-order valence-electron chi connectivity index (χ2n) is 6.53. The van der Waals surface area contributed by atoms with Gasteiger partial charge in [0, 0.05) is 18.0 Å². The number of carbonyl (C=O) groups excluding carboxylic acids is 2. The number of fused-ring (bicyclic) bond motifs is 1. The number of nitrogens with one attached hydrogen (secondary N) is 2. The van der Waals surface area contributed by atoms with Crippen LogP contribution in [-0.2, 0) is 24.1 Å². The van der Waals surface area contributed by atoms with Crippen LogP contribution in [-0.4, -0.2) is 24.9 Å². The van der Waals surface area contributed by atoms with Crippen molar-refractivity contribution in [3.8, 4) is 0 Å². The van der Waals surface area contributed by atoms with E-state index in [1.807, 2.05) is 6.07 Å². The maximum atomic E-state index is 13.1. The molecule has 138 valence electrons. The average Bonchev–Trinajstić information content (AvgIpc) is 2.89. The Labute approximate surface area is 156 Å². The van der Waals surface area contributed by atoms with Crippen LogP contribution in [0.3, 0.4) is 0 Å². The lowest BCUT2D eigenvalue weighted by atomic mass is 10.1. The zero-order valence-electron chi connectivity index (χ0n) is 14.6. The van der Waals surface area contributed by atoms with Gasteiger partial charge in [0.15, 0.2) is 0 Å². The van der Waals surface area contributed by atoms with Crippen molar-refractivity contribution < 1.29 is 14.0 Å². The summed E-state index contributed by atoms with van der Waals surface area (Å²) in [5.41, 5.74) is 1.95. The molecule has 1 aliphatic rings. The van der Waals surface area contributed by atoms with Crippen LogP contribution in [0.2, 0.25) is 0 Å². The second kappa shape index (κ2) is 8.94. The van der Waals surface area contributed by atoms with Crippen molar-refractivity contribution >= 4 is 23.2 Å². The summed E-state index contributed by atoms with van der Waals surface area (Å²) in [6.07, 6.45) is 5.92. The third kappa shape index (κ3) is 5.14. The van der Waals surface area contributed by atoms with Gasteiger partial charge in [0.05, 0.1) is 11.3 Å². The fourth-order valence-electron chi connectivity index (χ4n) is 3.14. The van der Waals surface area contributed by atoms with Gasteiger partial charge in [0.1, 0.15) is 5.82 Å². The molecule has 26 heavy (non-hydrogen) atoms. The molecule has 0 radical (unpaired) electrons. The highest BCUT2D eigenvalue weighted by Gasteiger charge is 2.16. The number of benzene rings is 1. The SMILES string of the molecule is O=C(Cc1cccc(F)c1)NCCNC(=O)c1cc2c(s1)CCCCC2. The fraction of sp³-hybridized carbons (Fsp3) is 0.400. The molecule has 0 saturated heterocycles. The van der Waals surface area contributed by atoms with E-state index in [2.05, 4.69) is 10.6 Å². The number of aryl methyl sites for hydroxylation is 2.